The van der Waals surface area contributed by atoms with E-state index in [1.54, 1.807) is 0 Å². The molecule has 0 unspecified atom stereocenters. The summed E-state index contributed by atoms with van der Waals surface area (Å²) in [6.07, 6.45) is 0. The summed E-state index contributed by atoms with van der Waals surface area (Å²) in [5, 5.41) is 10.9. The maximum Gasteiger partial charge on any atom is 0.312 e. The van der Waals surface area contributed by atoms with Gasteiger partial charge in [-0.05, 0) is 13.0 Å². The minimum Gasteiger partial charge on any atom is -0.460 e. The van der Waals surface area contributed by atoms with Gasteiger partial charge in [-0.2, -0.15) is 0 Å². The molecule has 7 heteroatoms. The Morgan fingerprint density at radius 2 is 2.18 bits per heavy atom. The molecule has 6 nitrogen and oxygen atoms in total. The van der Waals surface area contributed by atoms with Crippen LogP contribution in [0.3, 0.4) is 0 Å². The zero-order valence-electron chi connectivity index (χ0n) is 9.23. The molecule has 0 fully saturated rings. The van der Waals surface area contributed by atoms with Gasteiger partial charge in [-0.1, -0.05) is 15.9 Å². The number of rotatable bonds is 5. The Balaban J connectivity index is 3.36. The summed E-state index contributed by atoms with van der Waals surface area (Å²) in [5.41, 5.74) is -0.134. The summed E-state index contributed by atoms with van der Waals surface area (Å²) in [5.74, 6) is -0.395. The van der Waals surface area contributed by atoms with E-state index in [1.165, 1.54) is 26.2 Å². The molecule has 0 radical (unpaired) electrons. The number of halogens is 1. The summed E-state index contributed by atoms with van der Waals surface area (Å²) in [7, 11) is 1.39. The highest BCUT2D eigenvalue weighted by atomic mass is 79.9. The molecule has 17 heavy (non-hydrogen) atoms. The maximum absolute atomic E-state index is 11.4. The Kier molecular flexibility index (Phi) is 4.59. The van der Waals surface area contributed by atoms with Crippen molar-refractivity contribution in [2.24, 2.45) is 0 Å². The topological polar surface area (TPSA) is 78.7 Å². The zero-order valence-corrected chi connectivity index (χ0v) is 10.8. The maximum atomic E-state index is 11.4. The summed E-state index contributed by atoms with van der Waals surface area (Å²) in [6, 6.07) is 2.75. The highest BCUT2D eigenvalue weighted by Crippen LogP contribution is 2.34. The van der Waals surface area contributed by atoms with Crippen LogP contribution in [0.25, 0.3) is 0 Å². The number of ketones is 1. The van der Waals surface area contributed by atoms with Crippen LogP contribution in [0.1, 0.15) is 17.3 Å². The number of Topliss-reactive ketones (excluding diaryl/α,β-unsaturated/α-hetero) is 1. The van der Waals surface area contributed by atoms with Crippen LogP contribution in [-0.4, -0.2) is 24.6 Å². The van der Waals surface area contributed by atoms with Gasteiger partial charge in [0.15, 0.2) is 12.6 Å². The quantitative estimate of drug-likeness (QED) is 0.361. The predicted molar refractivity (Wildman–Crippen MR) is 63.3 cm³/mol. The smallest absolute Gasteiger partial charge is 0.312 e. The zero-order chi connectivity index (χ0) is 13.0. The summed E-state index contributed by atoms with van der Waals surface area (Å²) in [4.78, 5) is 21.6. The van der Waals surface area contributed by atoms with E-state index in [0.29, 0.717) is 4.47 Å². The molecule has 0 amide bonds. The molecule has 0 spiro atoms. The molecule has 0 N–H and O–H groups in total. The number of nitrogens with zero attached hydrogens (tertiary/aromatic N) is 1. The highest BCUT2D eigenvalue weighted by Gasteiger charge is 2.23. The van der Waals surface area contributed by atoms with Crippen molar-refractivity contribution in [3.63, 3.8) is 0 Å². The van der Waals surface area contributed by atoms with Gasteiger partial charge in [0, 0.05) is 17.6 Å². The number of benzene rings is 1. The summed E-state index contributed by atoms with van der Waals surface area (Å²) >= 11 is 3.11. The molecular weight excluding hydrogens is 294 g/mol. The van der Waals surface area contributed by atoms with Crippen molar-refractivity contribution < 1.29 is 19.2 Å². The number of methoxy groups -OCH3 is 1. The fourth-order valence-corrected chi connectivity index (χ4v) is 1.69. The van der Waals surface area contributed by atoms with Crippen LogP contribution in [0.5, 0.6) is 5.75 Å². The number of hydrogen-bond acceptors (Lipinski definition) is 5. The molecule has 0 aliphatic rings. The van der Waals surface area contributed by atoms with Crippen molar-refractivity contribution in [3.8, 4) is 5.75 Å². The van der Waals surface area contributed by atoms with E-state index in [1.807, 2.05) is 0 Å². The van der Waals surface area contributed by atoms with E-state index in [9.17, 15) is 14.9 Å². The van der Waals surface area contributed by atoms with Crippen LogP contribution in [-0.2, 0) is 4.74 Å². The number of carbonyl (C=O) groups is 1. The van der Waals surface area contributed by atoms with Crippen molar-refractivity contribution in [2.45, 2.75) is 6.92 Å². The molecule has 0 saturated heterocycles. The first-order chi connectivity index (χ1) is 7.97. The number of hydrogen-bond donors (Lipinski definition) is 0. The fourth-order valence-electron chi connectivity index (χ4n) is 1.25. The van der Waals surface area contributed by atoms with E-state index in [0.717, 1.165) is 0 Å². The van der Waals surface area contributed by atoms with Crippen LogP contribution in [0.2, 0.25) is 0 Å². The van der Waals surface area contributed by atoms with Gasteiger partial charge in [-0.25, -0.2) is 0 Å². The molecule has 0 heterocycles. The van der Waals surface area contributed by atoms with Crippen LogP contribution >= 0.6 is 15.9 Å². The summed E-state index contributed by atoms with van der Waals surface area (Å²) < 4.78 is 10.2. The third-order valence-electron chi connectivity index (χ3n) is 1.93. The SMILES string of the molecule is COCOc1c(C(C)=O)cc(Br)cc1[N+](=O)[O-]. The van der Waals surface area contributed by atoms with Crippen molar-refractivity contribution in [2.75, 3.05) is 13.9 Å². The molecule has 92 valence electrons. The van der Waals surface area contributed by atoms with Gasteiger partial charge in [0.05, 0.1) is 10.5 Å². The third-order valence-corrected chi connectivity index (χ3v) is 2.39. The lowest BCUT2D eigenvalue weighted by molar-refractivity contribution is -0.386. The van der Waals surface area contributed by atoms with E-state index in [-0.39, 0.29) is 29.6 Å². The van der Waals surface area contributed by atoms with Gasteiger partial charge < -0.3 is 9.47 Å². The Labute approximate surface area is 106 Å². The molecule has 0 aliphatic carbocycles. The Morgan fingerprint density at radius 1 is 1.53 bits per heavy atom. The second kappa shape index (κ2) is 5.74. The van der Waals surface area contributed by atoms with Gasteiger partial charge >= 0.3 is 5.69 Å². The van der Waals surface area contributed by atoms with Crippen LogP contribution in [0.4, 0.5) is 5.69 Å². The second-order valence-corrected chi connectivity index (χ2v) is 4.08. The fraction of sp³-hybridized carbons (Fsp3) is 0.300. The van der Waals surface area contributed by atoms with Gasteiger partial charge in [-0.15, -0.1) is 0 Å². The molecule has 0 atom stereocenters. The molecular formula is C10H10BrNO5. The molecule has 1 rings (SSSR count). The van der Waals surface area contributed by atoms with Crippen molar-refractivity contribution >= 4 is 27.4 Å². The van der Waals surface area contributed by atoms with Crippen molar-refractivity contribution in [1.82, 2.24) is 0 Å². The van der Waals surface area contributed by atoms with E-state index >= 15 is 0 Å². The molecule has 0 bridgehead atoms. The molecule has 0 aliphatic heterocycles. The third kappa shape index (κ3) is 3.24. The first-order valence-corrected chi connectivity index (χ1v) is 5.37. The average Bonchev–Trinajstić information content (AvgIpc) is 2.26. The van der Waals surface area contributed by atoms with Gasteiger partial charge in [0.1, 0.15) is 0 Å². The largest absolute Gasteiger partial charge is 0.460 e. The molecule has 1 aromatic rings. The van der Waals surface area contributed by atoms with Crippen LogP contribution < -0.4 is 4.74 Å². The van der Waals surface area contributed by atoms with Crippen molar-refractivity contribution in [1.29, 1.82) is 0 Å². The summed E-state index contributed by atoms with van der Waals surface area (Å²) in [6.45, 7) is 1.15. The Bertz CT molecular complexity index is 425. The molecule has 1 aromatic carbocycles. The normalized spacial score (nSPS) is 10.1. The number of nitro benzene ring substituents is 1. The van der Waals surface area contributed by atoms with Crippen molar-refractivity contribution in [3.05, 3.63) is 32.3 Å². The van der Waals surface area contributed by atoms with Gasteiger partial charge in [0.2, 0.25) is 5.75 Å². The van der Waals surface area contributed by atoms with Gasteiger partial charge in [-0.3, -0.25) is 14.9 Å². The molecule has 0 saturated carbocycles. The minimum atomic E-state index is -0.609. The van der Waals surface area contributed by atoms with E-state index < -0.39 is 4.92 Å². The second-order valence-electron chi connectivity index (χ2n) is 3.17. The van der Waals surface area contributed by atoms with E-state index in [4.69, 9.17) is 4.74 Å². The highest BCUT2D eigenvalue weighted by molar-refractivity contribution is 9.10. The Hall–Kier alpha value is -1.47. The number of nitro groups is 1. The molecule has 0 aromatic heterocycles. The van der Waals surface area contributed by atoms with Crippen LogP contribution in [0.15, 0.2) is 16.6 Å². The predicted octanol–water partition coefficient (Wildman–Crippen LogP) is 2.54. The minimum absolute atomic E-state index is 0.0763. The number of carbonyl (C=O) groups excluding carboxylic acids is 1. The van der Waals surface area contributed by atoms with Crippen LogP contribution in [0, 0.1) is 10.1 Å². The first-order valence-electron chi connectivity index (χ1n) is 4.58. The first kappa shape index (κ1) is 13.6. The van der Waals surface area contributed by atoms with E-state index in [2.05, 4.69) is 20.7 Å². The monoisotopic (exact) mass is 303 g/mol. The number of ether oxygens (including phenoxy) is 2. The standard InChI is InChI=1S/C10H10BrNO5/c1-6(13)8-3-7(11)4-9(12(14)15)10(8)17-5-16-2/h3-4H,5H2,1-2H3. The lowest BCUT2D eigenvalue weighted by Gasteiger charge is -2.09. The average molecular weight is 304 g/mol. The van der Waals surface area contributed by atoms with Gasteiger partial charge in [0.25, 0.3) is 0 Å². The Morgan fingerprint density at radius 3 is 2.65 bits per heavy atom. The lowest BCUT2D eigenvalue weighted by atomic mass is 10.1. The lowest BCUT2D eigenvalue weighted by Crippen LogP contribution is -2.07.